The van der Waals surface area contributed by atoms with Crippen molar-refractivity contribution in [3.05, 3.63) is 66.6 Å². The average molecular weight is 271 g/mol. The van der Waals surface area contributed by atoms with Crippen LogP contribution in [0.25, 0.3) is 10.9 Å². The molecule has 1 aromatic carbocycles. The molecule has 0 spiro atoms. The summed E-state index contributed by atoms with van der Waals surface area (Å²) in [5.41, 5.74) is 2.62. The third kappa shape index (κ3) is 4.54. The van der Waals surface area contributed by atoms with Crippen molar-refractivity contribution in [3.8, 4) is 0 Å². The van der Waals surface area contributed by atoms with Gasteiger partial charge in [-0.05, 0) is 30.5 Å². The predicted molar refractivity (Wildman–Crippen MR) is 88.7 cm³/mol. The van der Waals surface area contributed by atoms with Crippen LogP contribution in [0.2, 0.25) is 0 Å². The van der Waals surface area contributed by atoms with Crippen LogP contribution in [0, 0.1) is 6.92 Å². The summed E-state index contributed by atoms with van der Waals surface area (Å²) in [7, 11) is 4.07. The van der Waals surface area contributed by atoms with Crippen LogP contribution in [0.5, 0.6) is 0 Å². The summed E-state index contributed by atoms with van der Waals surface area (Å²) < 4.78 is 4.13. The Kier molecular flexibility index (Phi) is 7.30. The molecule has 0 fully saturated rings. The SMILES string of the molecule is C.C.C[n+]1ccccc1.Cc1ccc2c(ccn2C)c1. The molecule has 0 aliphatic carbocycles. The number of benzene rings is 1. The van der Waals surface area contributed by atoms with Crippen molar-refractivity contribution in [3.63, 3.8) is 0 Å². The van der Waals surface area contributed by atoms with Gasteiger partial charge in [0.2, 0.25) is 0 Å². The van der Waals surface area contributed by atoms with Crippen molar-refractivity contribution in [1.29, 1.82) is 0 Å². The molecule has 0 bridgehead atoms. The van der Waals surface area contributed by atoms with E-state index in [4.69, 9.17) is 0 Å². The highest BCUT2D eigenvalue weighted by atomic mass is 14.9. The minimum absolute atomic E-state index is 0. The van der Waals surface area contributed by atoms with Crippen LogP contribution in [-0.4, -0.2) is 4.57 Å². The standard InChI is InChI=1S/C10H11N.C6H8N.2CH4/c1-8-3-4-10-9(7-8)5-6-11(10)2;1-7-5-3-2-4-6-7;;/h3-7H,1-2H3;2-6H,1H3;2*1H4/q;+1;;. The van der Waals surface area contributed by atoms with Crippen molar-refractivity contribution < 1.29 is 4.57 Å². The molecule has 2 heterocycles. The van der Waals surface area contributed by atoms with Gasteiger partial charge in [-0.2, -0.15) is 0 Å². The average Bonchev–Trinajstić information content (AvgIpc) is 2.72. The molecule has 0 amide bonds. The van der Waals surface area contributed by atoms with E-state index < -0.39 is 0 Å². The maximum atomic E-state index is 2.20. The van der Waals surface area contributed by atoms with E-state index in [0.717, 1.165) is 0 Å². The molecule has 0 atom stereocenters. The van der Waals surface area contributed by atoms with Crippen LogP contribution in [0.15, 0.2) is 61.1 Å². The van der Waals surface area contributed by atoms with E-state index in [-0.39, 0.29) is 14.9 Å². The molecule has 0 unspecified atom stereocenters. The first-order valence-corrected chi connectivity index (χ1v) is 6.09. The first kappa shape index (κ1) is 17.9. The molecule has 2 heteroatoms. The van der Waals surface area contributed by atoms with Crippen molar-refractivity contribution >= 4 is 10.9 Å². The van der Waals surface area contributed by atoms with Crippen molar-refractivity contribution in [1.82, 2.24) is 4.57 Å². The molecule has 108 valence electrons. The number of nitrogens with zero attached hydrogens (tertiary/aromatic N) is 2. The highest BCUT2D eigenvalue weighted by Crippen LogP contribution is 2.15. The van der Waals surface area contributed by atoms with Gasteiger partial charge in [-0.1, -0.05) is 32.5 Å². The second kappa shape index (κ2) is 8.16. The zero-order valence-electron chi connectivity index (χ0n) is 11.2. The van der Waals surface area contributed by atoms with Gasteiger partial charge in [-0.15, -0.1) is 0 Å². The van der Waals surface area contributed by atoms with Gasteiger partial charge >= 0.3 is 0 Å². The Morgan fingerprint density at radius 1 is 0.950 bits per heavy atom. The fraction of sp³-hybridized carbons (Fsp3) is 0.278. The normalized spacial score (nSPS) is 8.95. The summed E-state index contributed by atoms with van der Waals surface area (Å²) in [5.74, 6) is 0. The van der Waals surface area contributed by atoms with Crippen LogP contribution in [0.1, 0.15) is 20.4 Å². The third-order valence-electron chi connectivity index (χ3n) is 2.91. The molecule has 20 heavy (non-hydrogen) atoms. The van der Waals surface area contributed by atoms with Gasteiger partial charge in [0, 0.05) is 30.9 Å². The molecular formula is C18H27N2+. The second-order valence-corrected chi connectivity index (χ2v) is 4.53. The summed E-state index contributed by atoms with van der Waals surface area (Å²) in [5, 5.41) is 1.33. The quantitative estimate of drug-likeness (QED) is 0.540. The lowest BCUT2D eigenvalue weighted by Gasteiger charge is -1.95. The molecule has 0 aliphatic rings. The zero-order valence-corrected chi connectivity index (χ0v) is 11.2. The van der Waals surface area contributed by atoms with E-state index >= 15 is 0 Å². The third-order valence-corrected chi connectivity index (χ3v) is 2.91. The number of rotatable bonds is 0. The van der Waals surface area contributed by atoms with Gasteiger partial charge in [0.25, 0.3) is 0 Å². The van der Waals surface area contributed by atoms with Crippen molar-refractivity contribution in [2.75, 3.05) is 0 Å². The van der Waals surface area contributed by atoms with E-state index in [1.807, 2.05) is 42.2 Å². The minimum Gasteiger partial charge on any atom is -0.351 e. The van der Waals surface area contributed by atoms with Gasteiger partial charge in [0.1, 0.15) is 7.05 Å². The fourth-order valence-corrected chi connectivity index (χ4v) is 1.89. The van der Waals surface area contributed by atoms with E-state index in [1.54, 1.807) is 0 Å². The van der Waals surface area contributed by atoms with Gasteiger partial charge in [-0.25, -0.2) is 4.57 Å². The zero-order chi connectivity index (χ0) is 13.0. The van der Waals surface area contributed by atoms with Crippen LogP contribution in [-0.2, 0) is 14.1 Å². The van der Waals surface area contributed by atoms with E-state index in [0.29, 0.717) is 0 Å². The van der Waals surface area contributed by atoms with Crippen LogP contribution in [0.4, 0.5) is 0 Å². The van der Waals surface area contributed by atoms with Gasteiger partial charge < -0.3 is 4.57 Å². The lowest BCUT2D eigenvalue weighted by Crippen LogP contribution is -2.25. The Bertz CT molecular complexity index is 624. The van der Waals surface area contributed by atoms with E-state index in [1.165, 1.54) is 16.5 Å². The second-order valence-electron chi connectivity index (χ2n) is 4.53. The highest BCUT2D eigenvalue weighted by molar-refractivity contribution is 5.80. The van der Waals surface area contributed by atoms with Gasteiger partial charge in [0.05, 0.1) is 0 Å². The Balaban J connectivity index is 0.000000356. The molecule has 3 aromatic rings. The number of hydrogen-bond donors (Lipinski definition) is 0. The highest BCUT2D eigenvalue weighted by Gasteiger charge is 1.95. The van der Waals surface area contributed by atoms with E-state index in [9.17, 15) is 0 Å². The van der Waals surface area contributed by atoms with Crippen molar-refractivity contribution in [2.24, 2.45) is 14.1 Å². The molecule has 0 radical (unpaired) electrons. The number of hydrogen-bond acceptors (Lipinski definition) is 0. The Labute approximate surface area is 123 Å². The largest absolute Gasteiger partial charge is 0.351 e. The topological polar surface area (TPSA) is 8.81 Å². The summed E-state index contributed by atoms with van der Waals surface area (Å²) in [6.45, 7) is 2.12. The minimum atomic E-state index is 0. The Morgan fingerprint density at radius 3 is 2.15 bits per heavy atom. The van der Waals surface area contributed by atoms with Crippen LogP contribution in [0.3, 0.4) is 0 Å². The fourth-order valence-electron chi connectivity index (χ4n) is 1.89. The molecular weight excluding hydrogens is 244 g/mol. The van der Waals surface area contributed by atoms with E-state index in [2.05, 4.69) is 49.0 Å². The maximum absolute atomic E-state index is 2.20. The molecule has 0 aliphatic heterocycles. The number of aryl methyl sites for hydroxylation is 3. The van der Waals surface area contributed by atoms with Crippen LogP contribution >= 0.6 is 0 Å². The number of pyridine rings is 1. The summed E-state index contributed by atoms with van der Waals surface area (Å²) in [6, 6.07) is 14.6. The molecule has 2 aromatic heterocycles. The summed E-state index contributed by atoms with van der Waals surface area (Å²) in [4.78, 5) is 0. The molecule has 0 saturated heterocycles. The van der Waals surface area contributed by atoms with Gasteiger partial charge in [0.15, 0.2) is 12.4 Å². The summed E-state index contributed by atoms with van der Waals surface area (Å²) in [6.07, 6.45) is 6.09. The lowest BCUT2D eigenvalue weighted by atomic mass is 10.2. The monoisotopic (exact) mass is 271 g/mol. The first-order chi connectivity index (χ1) is 8.66. The molecule has 0 saturated carbocycles. The predicted octanol–water partition coefficient (Wildman–Crippen LogP) is 4.27. The molecule has 2 nitrogen and oxygen atoms in total. The maximum Gasteiger partial charge on any atom is 0.168 e. The first-order valence-electron chi connectivity index (χ1n) is 6.09. The number of aromatic nitrogens is 2. The lowest BCUT2D eigenvalue weighted by molar-refractivity contribution is -0.671. The number of fused-ring (bicyclic) bond motifs is 1. The Hall–Kier alpha value is -2.09. The van der Waals surface area contributed by atoms with Gasteiger partial charge in [-0.3, -0.25) is 0 Å². The summed E-state index contributed by atoms with van der Waals surface area (Å²) >= 11 is 0. The molecule has 0 N–H and O–H groups in total. The Morgan fingerprint density at radius 2 is 1.60 bits per heavy atom. The smallest absolute Gasteiger partial charge is 0.168 e. The van der Waals surface area contributed by atoms with Crippen molar-refractivity contribution in [2.45, 2.75) is 21.8 Å². The molecule has 3 rings (SSSR count). The van der Waals surface area contributed by atoms with Crippen LogP contribution < -0.4 is 4.57 Å².